The van der Waals surface area contributed by atoms with Gasteiger partial charge in [0.05, 0.1) is 12.5 Å². The summed E-state index contributed by atoms with van der Waals surface area (Å²) < 4.78 is 0. The van der Waals surface area contributed by atoms with E-state index in [0.29, 0.717) is 6.54 Å². The molecule has 1 unspecified atom stereocenters. The molecule has 6 nitrogen and oxygen atoms in total. The summed E-state index contributed by atoms with van der Waals surface area (Å²) in [4.78, 5) is 35.2. The second-order valence-corrected chi connectivity index (χ2v) is 4.26. The van der Waals surface area contributed by atoms with Crippen LogP contribution in [0.1, 0.15) is 25.7 Å². The van der Waals surface area contributed by atoms with Crippen LogP contribution in [0.5, 0.6) is 0 Å². The van der Waals surface area contributed by atoms with Gasteiger partial charge >= 0.3 is 0 Å². The zero-order valence-electron chi connectivity index (χ0n) is 8.94. The first kappa shape index (κ1) is 11.1. The number of nitrogens with zero attached hydrogens (tertiary/aromatic N) is 1. The number of nitrogens with one attached hydrogen (secondary N) is 1. The van der Waals surface area contributed by atoms with Crippen LogP contribution >= 0.6 is 0 Å². The Balaban J connectivity index is 1.85. The Kier molecular flexibility index (Phi) is 2.91. The average Bonchev–Trinajstić information content (AvgIpc) is 2.96. The third kappa shape index (κ3) is 2.21. The zero-order valence-corrected chi connectivity index (χ0v) is 8.94. The minimum Gasteiger partial charge on any atom is -0.370 e. The van der Waals surface area contributed by atoms with Crippen molar-refractivity contribution in [3.63, 3.8) is 0 Å². The van der Waals surface area contributed by atoms with Gasteiger partial charge in [-0.25, -0.2) is 0 Å². The lowest BCUT2D eigenvalue weighted by Gasteiger charge is -2.13. The Morgan fingerprint density at radius 2 is 2.12 bits per heavy atom. The highest BCUT2D eigenvalue weighted by Gasteiger charge is 2.45. The molecule has 1 heterocycles. The lowest BCUT2D eigenvalue weighted by Crippen LogP contribution is -2.40. The summed E-state index contributed by atoms with van der Waals surface area (Å²) in [7, 11) is 0. The number of hydrogen-bond acceptors (Lipinski definition) is 4. The molecule has 1 saturated heterocycles. The van der Waals surface area contributed by atoms with E-state index in [1.54, 1.807) is 0 Å². The largest absolute Gasteiger partial charge is 0.370 e. The van der Waals surface area contributed by atoms with E-state index in [-0.39, 0.29) is 30.7 Å². The monoisotopic (exact) mass is 225 g/mol. The van der Waals surface area contributed by atoms with Gasteiger partial charge in [0.2, 0.25) is 17.7 Å². The number of carbonyl (C=O) groups excluding carboxylic acids is 3. The molecule has 1 atom stereocenters. The van der Waals surface area contributed by atoms with Gasteiger partial charge in [-0.1, -0.05) is 0 Å². The second-order valence-electron chi connectivity index (χ2n) is 4.26. The van der Waals surface area contributed by atoms with E-state index < -0.39 is 11.9 Å². The molecule has 3 amide bonds. The van der Waals surface area contributed by atoms with E-state index in [4.69, 9.17) is 5.73 Å². The summed E-state index contributed by atoms with van der Waals surface area (Å²) in [6.45, 7) is 0.345. The Morgan fingerprint density at radius 3 is 2.69 bits per heavy atom. The van der Waals surface area contributed by atoms with Gasteiger partial charge in [0.1, 0.15) is 0 Å². The van der Waals surface area contributed by atoms with Crippen molar-refractivity contribution < 1.29 is 14.4 Å². The first-order valence-corrected chi connectivity index (χ1v) is 5.47. The van der Waals surface area contributed by atoms with Crippen molar-refractivity contribution in [2.24, 2.45) is 5.73 Å². The fourth-order valence-corrected chi connectivity index (χ4v) is 1.90. The van der Waals surface area contributed by atoms with Crippen LogP contribution in [0.15, 0.2) is 0 Å². The Hall–Kier alpha value is -1.43. The van der Waals surface area contributed by atoms with Crippen LogP contribution < -0.4 is 11.1 Å². The minimum atomic E-state index is -0.465. The molecule has 2 rings (SSSR count). The molecule has 2 aliphatic rings. The normalized spacial score (nSPS) is 25.2. The Morgan fingerprint density at radius 1 is 1.44 bits per heavy atom. The molecule has 0 aromatic carbocycles. The van der Waals surface area contributed by atoms with Gasteiger partial charge in [0.15, 0.2) is 0 Å². The lowest BCUT2D eigenvalue weighted by molar-refractivity contribution is -0.139. The predicted molar refractivity (Wildman–Crippen MR) is 55.1 cm³/mol. The molecule has 1 aliphatic heterocycles. The number of rotatable bonds is 5. The van der Waals surface area contributed by atoms with E-state index in [1.165, 1.54) is 4.90 Å². The SMILES string of the molecule is NC(=O)CCNC1CC(=O)N(C2CC2)C1=O. The molecule has 0 radical (unpaired) electrons. The van der Waals surface area contributed by atoms with Crippen LogP contribution in [0.4, 0.5) is 0 Å². The van der Waals surface area contributed by atoms with E-state index in [2.05, 4.69) is 5.32 Å². The first-order valence-electron chi connectivity index (χ1n) is 5.47. The maximum atomic E-state index is 11.8. The van der Waals surface area contributed by atoms with Crippen molar-refractivity contribution in [2.45, 2.75) is 37.8 Å². The fraction of sp³-hybridized carbons (Fsp3) is 0.700. The number of imide groups is 1. The van der Waals surface area contributed by atoms with Gasteiger partial charge in [-0.15, -0.1) is 0 Å². The van der Waals surface area contributed by atoms with Crippen LogP contribution in [0, 0.1) is 0 Å². The fourth-order valence-electron chi connectivity index (χ4n) is 1.90. The Bertz CT molecular complexity index is 338. The molecule has 1 aliphatic carbocycles. The summed E-state index contributed by atoms with van der Waals surface area (Å²) in [6, 6.07) is -0.338. The standard InChI is InChI=1S/C10H15N3O3/c11-8(14)3-4-12-7-5-9(15)13(10(7)16)6-1-2-6/h6-7,12H,1-5H2,(H2,11,14). The van der Waals surface area contributed by atoms with Gasteiger partial charge in [-0.2, -0.15) is 0 Å². The summed E-state index contributed by atoms with van der Waals surface area (Å²) in [5.74, 6) is -0.677. The van der Waals surface area contributed by atoms with E-state index >= 15 is 0 Å². The van der Waals surface area contributed by atoms with E-state index in [9.17, 15) is 14.4 Å². The van der Waals surface area contributed by atoms with Crippen LogP contribution in [-0.2, 0) is 14.4 Å². The van der Waals surface area contributed by atoms with Gasteiger partial charge in [-0.05, 0) is 12.8 Å². The number of nitrogens with two attached hydrogens (primary N) is 1. The van der Waals surface area contributed by atoms with Gasteiger partial charge in [0, 0.05) is 19.0 Å². The quantitative estimate of drug-likeness (QED) is 0.571. The highest BCUT2D eigenvalue weighted by atomic mass is 16.2. The zero-order chi connectivity index (χ0) is 11.7. The third-order valence-corrected chi connectivity index (χ3v) is 2.86. The van der Waals surface area contributed by atoms with Gasteiger partial charge in [0.25, 0.3) is 0 Å². The van der Waals surface area contributed by atoms with E-state index in [1.807, 2.05) is 0 Å². The smallest absolute Gasteiger partial charge is 0.247 e. The van der Waals surface area contributed by atoms with Crippen molar-refractivity contribution in [3.05, 3.63) is 0 Å². The Labute approximate surface area is 93.1 Å². The molecule has 0 spiro atoms. The summed E-state index contributed by atoms with van der Waals surface area (Å²) in [6.07, 6.45) is 2.23. The molecule has 0 bridgehead atoms. The second kappa shape index (κ2) is 4.21. The van der Waals surface area contributed by atoms with Crippen molar-refractivity contribution in [2.75, 3.05) is 6.54 Å². The highest BCUT2D eigenvalue weighted by Crippen LogP contribution is 2.31. The number of carbonyl (C=O) groups is 3. The van der Waals surface area contributed by atoms with Gasteiger partial charge in [-0.3, -0.25) is 19.3 Å². The van der Waals surface area contributed by atoms with Crippen LogP contribution in [0.3, 0.4) is 0 Å². The number of amides is 3. The van der Waals surface area contributed by atoms with Crippen molar-refractivity contribution >= 4 is 17.7 Å². The summed E-state index contributed by atoms with van der Waals surface area (Å²) >= 11 is 0. The molecule has 3 N–H and O–H groups in total. The van der Waals surface area contributed by atoms with Crippen molar-refractivity contribution in [1.29, 1.82) is 0 Å². The molecule has 16 heavy (non-hydrogen) atoms. The predicted octanol–water partition coefficient (Wildman–Crippen LogP) is -1.26. The maximum absolute atomic E-state index is 11.8. The number of hydrogen-bond donors (Lipinski definition) is 2. The summed E-state index contributed by atoms with van der Waals surface area (Å²) in [5.41, 5.74) is 4.98. The average molecular weight is 225 g/mol. The van der Waals surface area contributed by atoms with Crippen LogP contribution in [-0.4, -0.2) is 41.2 Å². The molecular formula is C10H15N3O3. The lowest BCUT2D eigenvalue weighted by atomic mass is 10.2. The topological polar surface area (TPSA) is 92.5 Å². The minimum absolute atomic E-state index is 0.107. The maximum Gasteiger partial charge on any atom is 0.247 e. The first-order chi connectivity index (χ1) is 7.59. The third-order valence-electron chi connectivity index (χ3n) is 2.86. The highest BCUT2D eigenvalue weighted by molar-refractivity contribution is 6.06. The number of primary amides is 1. The molecule has 1 saturated carbocycles. The van der Waals surface area contributed by atoms with Crippen molar-refractivity contribution in [1.82, 2.24) is 10.2 Å². The van der Waals surface area contributed by atoms with Crippen LogP contribution in [0.25, 0.3) is 0 Å². The number of likely N-dealkylation sites (tertiary alicyclic amines) is 1. The molecule has 2 fully saturated rings. The summed E-state index contributed by atoms with van der Waals surface area (Å²) in [5, 5.41) is 2.89. The molecule has 0 aromatic heterocycles. The van der Waals surface area contributed by atoms with Gasteiger partial charge < -0.3 is 11.1 Å². The van der Waals surface area contributed by atoms with Crippen molar-refractivity contribution in [3.8, 4) is 0 Å². The molecule has 6 heteroatoms. The molecule has 0 aromatic rings. The van der Waals surface area contributed by atoms with E-state index in [0.717, 1.165) is 12.8 Å². The van der Waals surface area contributed by atoms with Crippen LogP contribution in [0.2, 0.25) is 0 Å². The molecule has 88 valence electrons. The molecular weight excluding hydrogens is 210 g/mol.